The summed E-state index contributed by atoms with van der Waals surface area (Å²) in [7, 11) is 0. The molecule has 0 radical (unpaired) electrons. The maximum absolute atomic E-state index is 5.51. The zero-order valence-corrected chi connectivity index (χ0v) is 11.7. The molecule has 0 amide bonds. The molecular formula is C16H21N3O. The minimum atomic E-state index is 0.567. The van der Waals surface area contributed by atoms with Gasteiger partial charge in [0.25, 0.3) is 0 Å². The summed E-state index contributed by atoms with van der Waals surface area (Å²) in [4.78, 5) is 7.12. The number of aromatic nitrogens is 1. The second-order valence-electron chi connectivity index (χ2n) is 5.99. The number of furan rings is 1. The van der Waals surface area contributed by atoms with E-state index in [0.29, 0.717) is 6.04 Å². The third-order valence-electron chi connectivity index (χ3n) is 4.48. The van der Waals surface area contributed by atoms with Gasteiger partial charge in [-0.1, -0.05) is 0 Å². The van der Waals surface area contributed by atoms with Crippen molar-refractivity contribution in [3.05, 3.63) is 24.6 Å². The average Bonchev–Trinajstić information content (AvgIpc) is 3.20. The number of rotatable bonds is 4. The number of nitrogens with zero attached hydrogens (tertiary/aromatic N) is 2. The van der Waals surface area contributed by atoms with Gasteiger partial charge in [0.1, 0.15) is 11.4 Å². The molecule has 2 aromatic rings. The van der Waals surface area contributed by atoms with Crippen LogP contribution in [0.25, 0.3) is 11.0 Å². The first kappa shape index (κ1) is 12.2. The molecule has 3 heterocycles. The highest BCUT2D eigenvalue weighted by Crippen LogP contribution is 2.30. The molecule has 0 spiro atoms. The van der Waals surface area contributed by atoms with E-state index in [0.717, 1.165) is 35.9 Å². The maximum atomic E-state index is 5.51. The SMILES string of the molecule is c1cc2occc2c(N2CCCCC2CNC2CC2)n1. The highest BCUT2D eigenvalue weighted by atomic mass is 16.3. The fraction of sp³-hybridized carbons (Fsp3) is 0.562. The molecule has 1 saturated carbocycles. The average molecular weight is 271 g/mol. The smallest absolute Gasteiger partial charge is 0.139 e. The molecule has 4 rings (SSSR count). The second kappa shape index (κ2) is 5.09. The Morgan fingerprint density at radius 1 is 1.25 bits per heavy atom. The first-order valence-electron chi connectivity index (χ1n) is 7.74. The predicted octanol–water partition coefficient (Wildman–Crippen LogP) is 2.94. The normalized spacial score (nSPS) is 23.4. The zero-order chi connectivity index (χ0) is 13.4. The van der Waals surface area contributed by atoms with Crippen LogP contribution in [-0.2, 0) is 0 Å². The van der Waals surface area contributed by atoms with Gasteiger partial charge in [-0.05, 0) is 44.2 Å². The van der Waals surface area contributed by atoms with Crippen molar-refractivity contribution in [3.63, 3.8) is 0 Å². The molecule has 2 aromatic heterocycles. The number of hydrogen-bond acceptors (Lipinski definition) is 4. The third-order valence-corrected chi connectivity index (χ3v) is 4.48. The van der Waals surface area contributed by atoms with E-state index in [-0.39, 0.29) is 0 Å². The molecule has 1 saturated heterocycles. The first-order valence-corrected chi connectivity index (χ1v) is 7.74. The lowest BCUT2D eigenvalue weighted by Crippen LogP contribution is -2.46. The van der Waals surface area contributed by atoms with Gasteiger partial charge >= 0.3 is 0 Å². The van der Waals surface area contributed by atoms with Gasteiger partial charge in [-0.2, -0.15) is 0 Å². The minimum Gasteiger partial charge on any atom is -0.464 e. The van der Waals surface area contributed by atoms with Crippen molar-refractivity contribution in [1.82, 2.24) is 10.3 Å². The molecular weight excluding hydrogens is 250 g/mol. The van der Waals surface area contributed by atoms with Gasteiger partial charge in [0.05, 0.1) is 11.6 Å². The van der Waals surface area contributed by atoms with E-state index < -0.39 is 0 Å². The van der Waals surface area contributed by atoms with Gasteiger partial charge in [-0.25, -0.2) is 4.98 Å². The van der Waals surface area contributed by atoms with E-state index in [4.69, 9.17) is 4.42 Å². The van der Waals surface area contributed by atoms with E-state index in [1.54, 1.807) is 6.26 Å². The Kier molecular flexibility index (Phi) is 3.11. The first-order chi connectivity index (χ1) is 9.92. The summed E-state index contributed by atoms with van der Waals surface area (Å²) < 4.78 is 5.51. The van der Waals surface area contributed by atoms with Crippen molar-refractivity contribution in [2.24, 2.45) is 0 Å². The Morgan fingerprint density at radius 2 is 2.20 bits per heavy atom. The Balaban J connectivity index is 1.61. The summed E-state index contributed by atoms with van der Waals surface area (Å²) in [5.41, 5.74) is 0.939. The van der Waals surface area contributed by atoms with Crippen LogP contribution in [0.2, 0.25) is 0 Å². The lowest BCUT2D eigenvalue weighted by molar-refractivity contribution is 0.432. The van der Waals surface area contributed by atoms with Crippen LogP contribution in [0.4, 0.5) is 5.82 Å². The number of pyridine rings is 1. The molecule has 2 aliphatic rings. The molecule has 1 aliphatic heterocycles. The zero-order valence-electron chi connectivity index (χ0n) is 11.7. The van der Waals surface area contributed by atoms with Crippen LogP contribution in [0.1, 0.15) is 32.1 Å². The van der Waals surface area contributed by atoms with Crippen LogP contribution in [-0.4, -0.2) is 30.2 Å². The Morgan fingerprint density at radius 3 is 3.10 bits per heavy atom. The quantitative estimate of drug-likeness (QED) is 0.928. The van der Waals surface area contributed by atoms with E-state index in [9.17, 15) is 0 Å². The van der Waals surface area contributed by atoms with Crippen molar-refractivity contribution >= 4 is 16.8 Å². The second-order valence-corrected chi connectivity index (χ2v) is 5.99. The molecule has 4 nitrogen and oxygen atoms in total. The standard InChI is InChI=1S/C16H21N3O/c1-2-9-19(13(3-1)11-18-12-4-5-12)16-14-7-10-20-15(14)6-8-17-16/h6-8,10,12-13,18H,1-5,9,11H2. The van der Waals surface area contributed by atoms with Gasteiger partial charge < -0.3 is 14.6 Å². The number of fused-ring (bicyclic) bond motifs is 1. The van der Waals surface area contributed by atoms with Gasteiger partial charge in [0.2, 0.25) is 0 Å². The van der Waals surface area contributed by atoms with Crippen molar-refractivity contribution in [3.8, 4) is 0 Å². The van der Waals surface area contributed by atoms with Crippen molar-refractivity contribution in [1.29, 1.82) is 0 Å². The number of nitrogens with one attached hydrogen (secondary N) is 1. The van der Waals surface area contributed by atoms with E-state index >= 15 is 0 Å². The fourth-order valence-electron chi connectivity index (χ4n) is 3.19. The van der Waals surface area contributed by atoms with Crippen molar-refractivity contribution in [2.45, 2.75) is 44.2 Å². The molecule has 0 aromatic carbocycles. The molecule has 1 atom stereocenters. The van der Waals surface area contributed by atoms with Crippen LogP contribution >= 0.6 is 0 Å². The monoisotopic (exact) mass is 271 g/mol. The molecule has 106 valence electrons. The third kappa shape index (κ3) is 2.29. The molecule has 2 fully saturated rings. The number of anilines is 1. The van der Waals surface area contributed by atoms with Crippen molar-refractivity contribution < 1.29 is 4.42 Å². The highest BCUT2D eigenvalue weighted by molar-refractivity contribution is 5.88. The van der Waals surface area contributed by atoms with Crippen LogP contribution in [0, 0.1) is 0 Å². The Labute approximate surface area is 119 Å². The maximum Gasteiger partial charge on any atom is 0.139 e. The summed E-state index contributed by atoms with van der Waals surface area (Å²) in [6, 6.07) is 5.33. The molecule has 1 unspecified atom stereocenters. The van der Waals surface area contributed by atoms with Crippen molar-refractivity contribution in [2.75, 3.05) is 18.0 Å². The minimum absolute atomic E-state index is 0.567. The lowest BCUT2D eigenvalue weighted by Gasteiger charge is -2.37. The largest absolute Gasteiger partial charge is 0.464 e. The lowest BCUT2D eigenvalue weighted by atomic mass is 10.0. The van der Waals surface area contributed by atoms with E-state index in [1.807, 2.05) is 18.3 Å². The summed E-state index contributed by atoms with van der Waals surface area (Å²) in [6.45, 7) is 2.19. The van der Waals surface area contributed by atoms with Crippen LogP contribution < -0.4 is 10.2 Å². The van der Waals surface area contributed by atoms with Crippen LogP contribution in [0.3, 0.4) is 0 Å². The van der Waals surface area contributed by atoms with E-state index in [2.05, 4.69) is 15.2 Å². The highest BCUT2D eigenvalue weighted by Gasteiger charge is 2.28. The fourth-order valence-corrected chi connectivity index (χ4v) is 3.19. The summed E-state index contributed by atoms with van der Waals surface area (Å²) in [5, 5.41) is 4.82. The van der Waals surface area contributed by atoms with Gasteiger partial charge in [-0.3, -0.25) is 0 Å². The number of piperidine rings is 1. The molecule has 0 bridgehead atoms. The van der Waals surface area contributed by atoms with Crippen LogP contribution in [0.15, 0.2) is 29.0 Å². The Hall–Kier alpha value is -1.55. The summed E-state index contributed by atoms with van der Waals surface area (Å²) >= 11 is 0. The number of hydrogen-bond donors (Lipinski definition) is 1. The predicted molar refractivity (Wildman–Crippen MR) is 80.0 cm³/mol. The van der Waals surface area contributed by atoms with E-state index in [1.165, 1.54) is 32.1 Å². The molecule has 20 heavy (non-hydrogen) atoms. The Bertz CT molecular complexity index is 590. The topological polar surface area (TPSA) is 41.3 Å². The van der Waals surface area contributed by atoms with Gasteiger partial charge in [0, 0.05) is 31.4 Å². The summed E-state index contributed by atoms with van der Waals surface area (Å²) in [6.07, 6.45) is 10.2. The molecule has 1 aliphatic carbocycles. The van der Waals surface area contributed by atoms with Gasteiger partial charge in [-0.15, -0.1) is 0 Å². The summed E-state index contributed by atoms with van der Waals surface area (Å²) in [5.74, 6) is 1.10. The molecule has 1 N–H and O–H groups in total. The molecule has 4 heteroatoms. The van der Waals surface area contributed by atoms with Crippen LogP contribution in [0.5, 0.6) is 0 Å². The van der Waals surface area contributed by atoms with Gasteiger partial charge in [0.15, 0.2) is 0 Å².